The summed E-state index contributed by atoms with van der Waals surface area (Å²) in [4.78, 5) is 13.2. The Morgan fingerprint density at radius 2 is 2.31 bits per heavy atom. The summed E-state index contributed by atoms with van der Waals surface area (Å²) in [5.41, 5.74) is 0.495. The third-order valence-corrected chi connectivity index (χ3v) is 4.68. The van der Waals surface area contributed by atoms with Gasteiger partial charge in [-0.15, -0.1) is 0 Å². The molecule has 0 saturated carbocycles. The Morgan fingerprint density at radius 1 is 1.46 bits per heavy atom. The van der Waals surface area contributed by atoms with Crippen molar-refractivity contribution in [3.05, 3.63) is 0 Å². The lowest BCUT2D eigenvalue weighted by Gasteiger charge is -2.32. The number of likely N-dealkylation sites (tertiary alicyclic amines) is 1. The molecule has 2 fully saturated rings. The number of carbonyl (C=O) groups is 1. The summed E-state index contributed by atoms with van der Waals surface area (Å²) in [6, 6.07) is 0. The van der Waals surface area contributed by atoms with E-state index in [-0.39, 0.29) is 5.91 Å². The van der Waals surface area contributed by atoms with Crippen LogP contribution in [0.4, 0.5) is 0 Å². The van der Waals surface area contributed by atoms with E-state index in [1.807, 2.05) is 4.90 Å². The molecule has 0 aromatic carbocycles. The first-order valence-electron chi connectivity index (χ1n) is 5.05. The predicted molar refractivity (Wildman–Crippen MR) is 55.9 cm³/mol. The van der Waals surface area contributed by atoms with Crippen molar-refractivity contribution in [2.45, 2.75) is 26.2 Å². The van der Waals surface area contributed by atoms with Gasteiger partial charge in [0.1, 0.15) is 0 Å². The summed E-state index contributed by atoms with van der Waals surface area (Å²) < 4.78 is 0. The second-order valence-corrected chi connectivity index (χ2v) is 5.45. The summed E-state index contributed by atoms with van der Waals surface area (Å²) in [5.74, 6) is 2.85. The summed E-state index contributed by atoms with van der Waals surface area (Å²) in [6.45, 7) is 3.71. The Balaban J connectivity index is 1.98. The minimum atomic E-state index is 0.257. The highest BCUT2D eigenvalue weighted by molar-refractivity contribution is 7.99. The molecular weight excluding hydrogens is 182 g/mol. The molecule has 1 amide bonds. The van der Waals surface area contributed by atoms with Crippen molar-refractivity contribution in [1.82, 2.24) is 4.90 Å². The summed E-state index contributed by atoms with van der Waals surface area (Å²) in [6.07, 6.45) is 3.92. The van der Waals surface area contributed by atoms with Crippen LogP contribution in [-0.2, 0) is 4.79 Å². The van der Waals surface area contributed by atoms with Gasteiger partial charge in [0.2, 0.25) is 5.91 Å². The first-order chi connectivity index (χ1) is 6.22. The highest BCUT2D eigenvalue weighted by atomic mass is 32.2. The van der Waals surface area contributed by atoms with E-state index in [1.54, 1.807) is 6.92 Å². The minimum absolute atomic E-state index is 0.257. The van der Waals surface area contributed by atoms with Crippen molar-refractivity contribution in [3.63, 3.8) is 0 Å². The van der Waals surface area contributed by atoms with Crippen molar-refractivity contribution in [2.75, 3.05) is 24.6 Å². The van der Waals surface area contributed by atoms with E-state index in [0.29, 0.717) is 5.41 Å². The lowest BCUT2D eigenvalue weighted by molar-refractivity contribution is -0.128. The number of hydrogen-bond acceptors (Lipinski definition) is 2. The lowest BCUT2D eigenvalue weighted by Crippen LogP contribution is -2.33. The molecule has 2 aliphatic heterocycles. The molecule has 0 radical (unpaired) electrons. The number of nitrogens with zero attached hydrogens (tertiary/aromatic N) is 1. The van der Waals surface area contributed by atoms with E-state index in [2.05, 4.69) is 11.8 Å². The van der Waals surface area contributed by atoms with Crippen molar-refractivity contribution in [3.8, 4) is 0 Å². The Hall–Kier alpha value is -0.180. The summed E-state index contributed by atoms with van der Waals surface area (Å²) in [5, 5.41) is 0. The predicted octanol–water partition coefficient (Wildman–Crippen LogP) is 1.75. The maximum absolute atomic E-state index is 11.2. The number of hydrogen-bond donors (Lipinski definition) is 0. The van der Waals surface area contributed by atoms with Gasteiger partial charge in [-0.3, -0.25) is 4.79 Å². The van der Waals surface area contributed by atoms with Gasteiger partial charge in [0.15, 0.2) is 0 Å². The van der Waals surface area contributed by atoms with Crippen LogP contribution >= 0.6 is 11.8 Å². The van der Waals surface area contributed by atoms with Crippen molar-refractivity contribution < 1.29 is 4.79 Å². The van der Waals surface area contributed by atoms with Gasteiger partial charge in [-0.2, -0.15) is 11.8 Å². The second-order valence-electron chi connectivity index (χ2n) is 4.35. The quantitative estimate of drug-likeness (QED) is 0.592. The molecule has 2 nitrogen and oxygen atoms in total. The Labute approximate surface area is 84.1 Å². The van der Waals surface area contributed by atoms with Gasteiger partial charge in [0.25, 0.3) is 0 Å². The van der Waals surface area contributed by atoms with E-state index >= 15 is 0 Å². The molecule has 0 aliphatic carbocycles. The number of thioether (sulfide) groups is 1. The van der Waals surface area contributed by atoms with E-state index in [1.165, 1.54) is 30.8 Å². The maximum atomic E-state index is 11.2. The third kappa shape index (κ3) is 1.85. The highest BCUT2D eigenvalue weighted by Gasteiger charge is 2.39. The molecule has 3 heteroatoms. The van der Waals surface area contributed by atoms with Gasteiger partial charge in [-0.1, -0.05) is 0 Å². The summed E-state index contributed by atoms with van der Waals surface area (Å²) >= 11 is 2.07. The number of rotatable bonds is 0. The van der Waals surface area contributed by atoms with Crippen LogP contribution in [0.1, 0.15) is 26.2 Å². The molecular formula is C10H17NOS. The van der Waals surface area contributed by atoms with Crippen LogP contribution in [0.5, 0.6) is 0 Å². The Kier molecular flexibility index (Phi) is 2.54. The Morgan fingerprint density at radius 3 is 2.85 bits per heavy atom. The molecule has 74 valence electrons. The largest absolute Gasteiger partial charge is 0.342 e. The zero-order chi connectivity index (χ0) is 9.31. The fraction of sp³-hybridized carbons (Fsp3) is 0.900. The molecule has 2 heterocycles. The van der Waals surface area contributed by atoms with Gasteiger partial charge < -0.3 is 4.90 Å². The molecule has 1 unspecified atom stereocenters. The molecule has 2 saturated heterocycles. The highest BCUT2D eigenvalue weighted by Crippen LogP contribution is 2.41. The average Bonchev–Trinajstić information content (AvgIpc) is 2.51. The number of carbonyl (C=O) groups excluding carboxylic acids is 1. The van der Waals surface area contributed by atoms with E-state index in [4.69, 9.17) is 0 Å². The third-order valence-electron chi connectivity index (χ3n) is 3.29. The molecule has 0 bridgehead atoms. The second kappa shape index (κ2) is 3.52. The molecule has 0 aromatic rings. The van der Waals surface area contributed by atoms with Crippen LogP contribution in [0.3, 0.4) is 0 Å². The van der Waals surface area contributed by atoms with Crippen LogP contribution in [-0.4, -0.2) is 35.4 Å². The van der Waals surface area contributed by atoms with Gasteiger partial charge in [0.05, 0.1) is 0 Å². The zero-order valence-electron chi connectivity index (χ0n) is 8.21. The number of amides is 1. The van der Waals surface area contributed by atoms with Gasteiger partial charge in [-0.05, 0) is 30.4 Å². The molecule has 0 aromatic heterocycles. The molecule has 1 spiro atoms. The fourth-order valence-corrected chi connectivity index (χ4v) is 3.74. The van der Waals surface area contributed by atoms with Gasteiger partial charge >= 0.3 is 0 Å². The molecule has 2 rings (SSSR count). The first kappa shape index (κ1) is 9.38. The van der Waals surface area contributed by atoms with Crippen LogP contribution in [0.15, 0.2) is 0 Å². The fourth-order valence-electron chi connectivity index (χ4n) is 2.44. The van der Waals surface area contributed by atoms with Gasteiger partial charge in [0, 0.05) is 25.8 Å². The van der Waals surface area contributed by atoms with Crippen molar-refractivity contribution >= 4 is 17.7 Å². The lowest BCUT2D eigenvalue weighted by atomic mass is 9.84. The van der Waals surface area contributed by atoms with Crippen molar-refractivity contribution in [2.24, 2.45) is 5.41 Å². The summed E-state index contributed by atoms with van der Waals surface area (Å²) in [7, 11) is 0. The first-order valence-corrected chi connectivity index (χ1v) is 6.21. The zero-order valence-corrected chi connectivity index (χ0v) is 9.03. The van der Waals surface area contributed by atoms with E-state index in [9.17, 15) is 4.79 Å². The van der Waals surface area contributed by atoms with Gasteiger partial charge in [-0.25, -0.2) is 0 Å². The SMILES string of the molecule is CC(=O)N1CCC2(CCCSC2)C1. The monoisotopic (exact) mass is 199 g/mol. The standard InChI is InChI=1S/C10H17NOS/c1-9(12)11-5-4-10(7-11)3-2-6-13-8-10/h2-8H2,1H3. The molecule has 2 aliphatic rings. The van der Waals surface area contributed by atoms with Crippen molar-refractivity contribution in [1.29, 1.82) is 0 Å². The van der Waals surface area contributed by atoms with Crippen LogP contribution in [0.2, 0.25) is 0 Å². The van der Waals surface area contributed by atoms with E-state index < -0.39 is 0 Å². The molecule has 0 N–H and O–H groups in total. The maximum Gasteiger partial charge on any atom is 0.219 e. The topological polar surface area (TPSA) is 20.3 Å². The van der Waals surface area contributed by atoms with Crippen LogP contribution in [0.25, 0.3) is 0 Å². The molecule has 13 heavy (non-hydrogen) atoms. The van der Waals surface area contributed by atoms with Crippen LogP contribution < -0.4 is 0 Å². The van der Waals surface area contributed by atoms with Crippen LogP contribution in [0, 0.1) is 5.41 Å². The molecule has 1 atom stereocenters. The average molecular weight is 199 g/mol. The smallest absolute Gasteiger partial charge is 0.219 e. The minimum Gasteiger partial charge on any atom is -0.342 e. The Bertz CT molecular complexity index is 211. The van der Waals surface area contributed by atoms with E-state index in [0.717, 1.165) is 13.1 Å². The normalized spacial score (nSPS) is 34.1.